The van der Waals surface area contributed by atoms with Crippen LogP contribution in [0.15, 0.2) is 72.8 Å². The van der Waals surface area contributed by atoms with E-state index in [9.17, 15) is 18.8 Å². The Labute approximate surface area is 172 Å². The predicted molar refractivity (Wildman–Crippen MR) is 108 cm³/mol. The van der Waals surface area contributed by atoms with Gasteiger partial charge in [0.2, 0.25) is 11.7 Å². The second-order valence-corrected chi connectivity index (χ2v) is 6.31. The number of esters is 1. The summed E-state index contributed by atoms with van der Waals surface area (Å²) in [5.41, 5.74) is 0.222. The van der Waals surface area contributed by atoms with E-state index in [1.54, 1.807) is 24.3 Å². The van der Waals surface area contributed by atoms with Crippen LogP contribution in [0.2, 0.25) is 0 Å². The summed E-state index contributed by atoms with van der Waals surface area (Å²) in [5, 5.41) is 2.42. The van der Waals surface area contributed by atoms with Gasteiger partial charge in [-0.1, -0.05) is 18.2 Å². The van der Waals surface area contributed by atoms with E-state index < -0.39 is 24.2 Å². The number of amides is 1. The Morgan fingerprint density at radius 2 is 1.57 bits per heavy atom. The highest BCUT2D eigenvalue weighted by atomic mass is 19.1. The Balaban J connectivity index is 1.57. The maximum Gasteiger partial charge on any atom is 0.338 e. The number of Topliss-reactive ketones (excluding diaryl/α,β-unsaturated/α-hetero) is 1. The third kappa shape index (κ3) is 5.51. The molecular formula is C23H18FNO5. The largest absolute Gasteiger partial charge is 0.457 e. The fourth-order valence-electron chi connectivity index (χ4n) is 2.60. The van der Waals surface area contributed by atoms with Gasteiger partial charge in [0, 0.05) is 12.6 Å². The SMILES string of the molecule is CC(=O)Nc1ccc(C(=O)COC(=O)c2ccc(Oc3ccccc3)cc2)c(F)c1. The van der Waals surface area contributed by atoms with Crippen LogP contribution in [0.3, 0.4) is 0 Å². The molecule has 0 aliphatic heterocycles. The second-order valence-electron chi connectivity index (χ2n) is 6.31. The van der Waals surface area contributed by atoms with Gasteiger partial charge in [-0.15, -0.1) is 0 Å². The molecule has 0 spiro atoms. The molecular weight excluding hydrogens is 389 g/mol. The van der Waals surface area contributed by atoms with Crippen LogP contribution in [0.5, 0.6) is 11.5 Å². The molecule has 0 bridgehead atoms. The van der Waals surface area contributed by atoms with Crippen LogP contribution >= 0.6 is 0 Å². The number of hydrogen-bond acceptors (Lipinski definition) is 5. The summed E-state index contributed by atoms with van der Waals surface area (Å²) in [4.78, 5) is 35.3. The lowest BCUT2D eigenvalue weighted by atomic mass is 10.1. The highest BCUT2D eigenvalue weighted by molar-refractivity contribution is 6.00. The molecule has 3 aromatic carbocycles. The number of benzene rings is 3. The van der Waals surface area contributed by atoms with Crippen molar-refractivity contribution in [2.45, 2.75) is 6.92 Å². The van der Waals surface area contributed by atoms with Crippen LogP contribution in [0.1, 0.15) is 27.6 Å². The molecule has 30 heavy (non-hydrogen) atoms. The molecule has 0 atom stereocenters. The first-order valence-electron chi connectivity index (χ1n) is 9.03. The fourth-order valence-corrected chi connectivity index (χ4v) is 2.60. The first-order chi connectivity index (χ1) is 14.4. The van der Waals surface area contributed by atoms with Gasteiger partial charge in [-0.2, -0.15) is 0 Å². The number of carbonyl (C=O) groups is 3. The quantitative estimate of drug-likeness (QED) is 0.457. The van der Waals surface area contributed by atoms with Crippen molar-refractivity contribution in [2.75, 3.05) is 11.9 Å². The molecule has 0 aliphatic rings. The van der Waals surface area contributed by atoms with E-state index in [0.29, 0.717) is 11.5 Å². The lowest BCUT2D eigenvalue weighted by Crippen LogP contribution is -2.16. The topological polar surface area (TPSA) is 81.7 Å². The smallest absolute Gasteiger partial charge is 0.338 e. The van der Waals surface area contributed by atoms with Crippen LogP contribution in [-0.4, -0.2) is 24.3 Å². The molecule has 0 fully saturated rings. The number of para-hydroxylation sites is 1. The Kier molecular flexibility index (Phi) is 6.54. The van der Waals surface area contributed by atoms with Gasteiger partial charge in [0.1, 0.15) is 17.3 Å². The zero-order valence-corrected chi connectivity index (χ0v) is 16.1. The van der Waals surface area contributed by atoms with Gasteiger partial charge < -0.3 is 14.8 Å². The maximum absolute atomic E-state index is 14.1. The Hall–Kier alpha value is -4.00. The molecule has 0 heterocycles. The third-order valence-corrected chi connectivity index (χ3v) is 3.99. The summed E-state index contributed by atoms with van der Waals surface area (Å²) in [6.45, 7) is 0.675. The highest BCUT2D eigenvalue weighted by Crippen LogP contribution is 2.21. The van der Waals surface area contributed by atoms with E-state index in [2.05, 4.69) is 5.32 Å². The average molecular weight is 407 g/mol. The van der Waals surface area contributed by atoms with Crippen LogP contribution in [0.4, 0.5) is 10.1 Å². The van der Waals surface area contributed by atoms with Gasteiger partial charge in [0.25, 0.3) is 0 Å². The first-order valence-corrected chi connectivity index (χ1v) is 9.03. The number of halogens is 1. The number of hydrogen-bond donors (Lipinski definition) is 1. The molecule has 0 radical (unpaired) electrons. The molecule has 0 saturated carbocycles. The van der Waals surface area contributed by atoms with Crippen LogP contribution < -0.4 is 10.1 Å². The van der Waals surface area contributed by atoms with Crippen molar-refractivity contribution in [2.24, 2.45) is 0 Å². The number of ether oxygens (including phenoxy) is 2. The zero-order valence-electron chi connectivity index (χ0n) is 16.1. The van der Waals surface area contributed by atoms with E-state index >= 15 is 0 Å². The summed E-state index contributed by atoms with van der Waals surface area (Å²) < 4.78 is 24.7. The molecule has 1 amide bonds. The van der Waals surface area contributed by atoms with E-state index in [1.165, 1.54) is 31.2 Å². The summed E-state index contributed by atoms with van der Waals surface area (Å²) in [6.07, 6.45) is 0. The molecule has 7 heteroatoms. The number of anilines is 1. The van der Waals surface area contributed by atoms with Gasteiger partial charge in [-0.05, 0) is 54.6 Å². The number of carbonyl (C=O) groups excluding carboxylic acids is 3. The predicted octanol–water partition coefficient (Wildman–Crippen LogP) is 4.62. The number of nitrogens with one attached hydrogen (secondary N) is 1. The molecule has 3 rings (SSSR count). The minimum atomic E-state index is -0.815. The Morgan fingerprint density at radius 3 is 2.20 bits per heavy atom. The number of ketones is 1. The molecule has 0 aromatic heterocycles. The summed E-state index contributed by atoms with van der Waals surface area (Å²) in [5.74, 6) is -1.39. The normalized spacial score (nSPS) is 10.2. The maximum atomic E-state index is 14.1. The van der Waals surface area contributed by atoms with Gasteiger partial charge >= 0.3 is 5.97 Å². The lowest BCUT2D eigenvalue weighted by molar-refractivity contribution is -0.114. The van der Waals surface area contributed by atoms with Crippen LogP contribution in [0.25, 0.3) is 0 Å². The van der Waals surface area contributed by atoms with Crippen LogP contribution in [-0.2, 0) is 9.53 Å². The Morgan fingerprint density at radius 1 is 0.900 bits per heavy atom. The average Bonchev–Trinajstić information content (AvgIpc) is 2.73. The van der Waals surface area contributed by atoms with E-state index in [-0.39, 0.29) is 22.7 Å². The van der Waals surface area contributed by atoms with Crippen molar-refractivity contribution in [1.29, 1.82) is 0 Å². The standard InChI is InChI=1S/C23H18FNO5/c1-15(26)25-17-9-12-20(21(24)13-17)22(27)14-29-23(28)16-7-10-19(11-8-16)30-18-5-3-2-4-6-18/h2-13H,14H2,1H3,(H,25,26). The minimum absolute atomic E-state index is 0.227. The molecule has 152 valence electrons. The molecule has 3 aromatic rings. The zero-order chi connectivity index (χ0) is 21.5. The monoisotopic (exact) mass is 407 g/mol. The van der Waals surface area contributed by atoms with E-state index in [1.807, 2.05) is 18.2 Å². The van der Waals surface area contributed by atoms with Crippen molar-refractivity contribution in [3.63, 3.8) is 0 Å². The second kappa shape index (κ2) is 9.47. The van der Waals surface area contributed by atoms with Crippen molar-refractivity contribution in [3.8, 4) is 11.5 Å². The summed E-state index contributed by atoms with van der Waals surface area (Å²) in [6, 6.07) is 19.0. The molecule has 0 unspecified atom stereocenters. The van der Waals surface area contributed by atoms with Gasteiger partial charge in [-0.3, -0.25) is 9.59 Å². The van der Waals surface area contributed by atoms with Crippen LogP contribution in [0, 0.1) is 5.82 Å². The van der Waals surface area contributed by atoms with Crippen molar-refractivity contribution >= 4 is 23.3 Å². The van der Waals surface area contributed by atoms with Crippen molar-refractivity contribution < 1.29 is 28.2 Å². The van der Waals surface area contributed by atoms with Crippen molar-refractivity contribution in [1.82, 2.24) is 0 Å². The molecule has 6 nitrogen and oxygen atoms in total. The van der Waals surface area contributed by atoms with Gasteiger partial charge in [-0.25, -0.2) is 9.18 Å². The van der Waals surface area contributed by atoms with Gasteiger partial charge in [0.05, 0.1) is 11.1 Å². The number of rotatable bonds is 7. The molecule has 0 saturated heterocycles. The highest BCUT2D eigenvalue weighted by Gasteiger charge is 2.16. The third-order valence-electron chi connectivity index (χ3n) is 3.99. The van der Waals surface area contributed by atoms with E-state index in [4.69, 9.17) is 9.47 Å². The summed E-state index contributed by atoms with van der Waals surface area (Å²) in [7, 11) is 0. The molecule has 0 aliphatic carbocycles. The Bertz CT molecular complexity index is 1060. The van der Waals surface area contributed by atoms with Crippen molar-refractivity contribution in [3.05, 3.63) is 89.7 Å². The van der Waals surface area contributed by atoms with Gasteiger partial charge in [0.15, 0.2) is 6.61 Å². The minimum Gasteiger partial charge on any atom is -0.457 e. The fraction of sp³-hybridized carbons (Fsp3) is 0.0870. The summed E-state index contributed by atoms with van der Waals surface area (Å²) >= 11 is 0. The van der Waals surface area contributed by atoms with E-state index in [0.717, 1.165) is 6.07 Å². The molecule has 1 N–H and O–H groups in total. The first kappa shape index (κ1) is 20.7. The lowest BCUT2D eigenvalue weighted by Gasteiger charge is -2.08.